The van der Waals surface area contributed by atoms with Crippen LogP contribution < -0.4 is 0 Å². The Morgan fingerprint density at radius 1 is 1.06 bits per heavy atom. The first-order chi connectivity index (χ1) is 8.77. The first kappa shape index (κ1) is 13.5. The van der Waals surface area contributed by atoms with Gasteiger partial charge in [0.05, 0.1) is 32.6 Å². The van der Waals surface area contributed by atoms with Gasteiger partial charge in [0.2, 0.25) is 0 Å². The van der Waals surface area contributed by atoms with Crippen molar-refractivity contribution >= 4 is 6.16 Å². The van der Waals surface area contributed by atoms with Crippen LogP contribution in [-0.2, 0) is 14.2 Å². The fourth-order valence-electron chi connectivity index (χ4n) is 2.34. The quantitative estimate of drug-likeness (QED) is 0.694. The van der Waals surface area contributed by atoms with Crippen molar-refractivity contribution in [3.8, 4) is 0 Å². The Morgan fingerprint density at radius 2 is 1.50 bits per heavy atom. The van der Waals surface area contributed by atoms with Crippen molar-refractivity contribution in [1.29, 1.82) is 0 Å². The van der Waals surface area contributed by atoms with E-state index in [2.05, 4.69) is 9.80 Å². The highest BCUT2D eigenvalue weighted by atomic mass is 16.7. The van der Waals surface area contributed by atoms with Crippen LogP contribution in [-0.4, -0.2) is 86.4 Å². The van der Waals surface area contributed by atoms with Crippen LogP contribution in [0.25, 0.3) is 0 Å². The first-order valence-corrected chi connectivity index (χ1v) is 6.26. The third-order valence-electron chi connectivity index (χ3n) is 3.29. The summed E-state index contributed by atoms with van der Waals surface area (Å²) in [6.07, 6.45) is -1.23. The zero-order valence-electron chi connectivity index (χ0n) is 10.4. The molecule has 0 saturated carbocycles. The van der Waals surface area contributed by atoms with Crippen molar-refractivity contribution in [1.82, 2.24) is 9.80 Å². The maximum atomic E-state index is 10.6. The Bertz CT molecular complexity index is 246. The lowest BCUT2D eigenvalue weighted by Crippen LogP contribution is -2.57. The lowest BCUT2D eigenvalue weighted by molar-refractivity contribution is -0.0861. The molecule has 2 aliphatic heterocycles. The van der Waals surface area contributed by atoms with Crippen LogP contribution in [0.5, 0.6) is 0 Å². The molecule has 7 nitrogen and oxygen atoms in total. The number of rotatable bonds is 4. The Labute approximate surface area is 106 Å². The highest BCUT2D eigenvalue weighted by Crippen LogP contribution is 2.12. The number of carboxylic acid groups (broad SMARTS) is 1. The van der Waals surface area contributed by atoms with Crippen molar-refractivity contribution in [3.63, 3.8) is 0 Å². The van der Waals surface area contributed by atoms with Crippen LogP contribution in [0.3, 0.4) is 0 Å². The van der Waals surface area contributed by atoms with Crippen LogP contribution >= 0.6 is 0 Å². The zero-order chi connectivity index (χ0) is 12.8. The van der Waals surface area contributed by atoms with Crippen LogP contribution in [0.4, 0.5) is 4.79 Å². The minimum Gasteiger partial charge on any atom is -0.450 e. The van der Waals surface area contributed by atoms with E-state index in [1.807, 2.05) is 0 Å². The van der Waals surface area contributed by atoms with Gasteiger partial charge in [-0.2, -0.15) is 0 Å². The van der Waals surface area contributed by atoms with Gasteiger partial charge in [0, 0.05) is 26.2 Å². The van der Waals surface area contributed by atoms with E-state index in [4.69, 9.17) is 19.3 Å². The van der Waals surface area contributed by atoms with Crippen LogP contribution in [0, 0.1) is 0 Å². The molecule has 0 amide bonds. The van der Waals surface area contributed by atoms with E-state index in [0.29, 0.717) is 26.4 Å². The molecule has 18 heavy (non-hydrogen) atoms. The maximum absolute atomic E-state index is 10.6. The van der Waals surface area contributed by atoms with E-state index in [1.165, 1.54) is 0 Å². The topological polar surface area (TPSA) is 71.5 Å². The molecule has 0 aromatic rings. The molecule has 1 N–H and O–H groups in total. The lowest BCUT2D eigenvalue weighted by Gasteiger charge is -2.42. The van der Waals surface area contributed by atoms with Gasteiger partial charge in [-0.1, -0.05) is 0 Å². The molecular formula is C11H20N2O5. The summed E-state index contributed by atoms with van der Waals surface area (Å²) in [6.45, 7) is 6.17. The van der Waals surface area contributed by atoms with Gasteiger partial charge >= 0.3 is 6.16 Å². The van der Waals surface area contributed by atoms with E-state index >= 15 is 0 Å². The average Bonchev–Trinajstić information content (AvgIpc) is 2.41. The van der Waals surface area contributed by atoms with Crippen molar-refractivity contribution in [2.45, 2.75) is 6.17 Å². The van der Waals surface area contributed by atoms with Crippen molar-refractivity contribution in [2.24, 2.45) is 0 Å². The SMILES string of the molecule is O=C(O)OCC(N1CCOCC1)N1CCOCC1. The van der Waals surface area contributed by atoms with E-state index in [0.717, 1.165) is 26.2 Å². The smallest absolute Gasteiger partial charge is 0.450 e. The molecule has 7 heteroatoms. The fourth-order valence-corrected chi connectivity index (χ4v) is 2.34. The highest BCUT2D eigenvalue weighted by Gasteiger charge is 2.29. The summed E-state index contributed by atoms with van der Waals surface area (Å²) in [5.74, 6) is 0. The summed E-state index contributed by atoms with van der Waals surface area (Å²) < 4.78 is 15.4. The van der Waals surface area contributed by atoms with Gasteiger partial charge in [-0.25, -0.2) is 4.79 Å². The van der Waals surface area contributed by atoms with E-state index in [9.17, 15) is 4.79 Å². The molecule has 0 radical (unpaired) electrons. The van der Waals surface area contributed by atoms with Gasteiger partial charge in [-0.15, -0.1) is 0 Å². The molecule has 104 valence electrons. The van der Waals surface area contributed by atoms with Crippen molar-refractivity contribution in [2.75, 3.05) is 59.2 Å². The minimum absolute atomic E-state index is 0.00565. The zero-order valence-corrected chi connectivity index (χ0v) is 10.4. The number of morpholine rings is 2. The molecule has 0 unspecified atom stereocenters. The first-order valence-electron chi connectivity index (χ1n) is 6.26. The summed E-state index contributed by atoms with van der Waals surface area (Å²) in [5, 5.41) is 8.65. The van der Waals surface area contributed by atoms with E-state index < -0.39 is 6.16 Å². The molecule has 0 aliphatic carbocycles. The summed E-state index contributed by atoms with van der Waals surface area (Å²) >= 11 is 0. The number of ether oxygens (including phenoxy) is 3. The van der Waals surface area contributed by atoms with Gasteiger partial charge < -0.3 is 19.3 Å². The van der Waals surface area contributed by atoms with Crippen LogP contribution in [0.2, 0.25) is 0 Å². The van der Waals surface area contributed by atoms with E-state index in [-0.39, 0.29) is 12.8 Å². The molecule has 2 rings (SSSR count). The number of hydrogen-bond acceptors (Lipinski definition) is 6. The summed E-state index contributed by atoms with van der Waals surface area (Å²) in [7, 11) is 0. The molecule has 2 aliphatic rings. The maximum Gasteiger partial charge on any atom is 0.505 e. The highest BCUT2D eigenvalue weighted by molar-refractivity contribution is 5.56. The fraction of sp³-hybridized carbons (Fsp3) is 0.909. The standard InChI is InChI=1S/C11H20N2O5/c14-11(15)18-9-10(12-1-5-16-6-2-12)13-3-7-17-8-4-13/h10H,1-9H2,(H,14,15). The van der Waals surface area contributed by atoms with Crippen LogP contribution in [0.1, 0.15) is 0 Å². The van der Waals surface area contributed by atoms with Gasteiger partial charge in [0.15, 0.2) is 0 Å². The Hall–Kier alpha value is -0.890. The molecular weight excluding hydrogens is 240 g/mol. The Morgan fingerprint density at radius 3 is 1.89 bits per heavy atom. The van der Waals surface area contributed by atoms with E-state index in [1.54, 1.807) is 0 Å². The van der Waals surface area contributed by atoms with Gasteiger partial charge in [-0.3, -0.25) is 9.80 Å². The third-order valence-corrected chi connectivity index (χ3v) is 3.29. The molecule has 2 saturated heterocycles. The molecule has 0 bridgehead atoms. The molecule has 2 fully saturated rings. The summed E-state index contributed by atoms with van der Waals surface area (Å²) in [4.78, 5) is 15.0. The second-order valence-corrected chi connectivity index (χ2v) is 4.35. The Kier molecular flexibility index (Phi) is 5.18. The summed E-state index contributed by atoms with van der Waals surface area (Å²) in [5.41, 5.74) is 0. The monoisotopic (exact) mass is 260 g/mol. The number of nitrogens with zero attached hydrogens (tertiary/aromatic N) is 2. The normalized spacial score (nSPS) is 23.2. The largest absolute Gasteiger partial charge is 0.505 e. The number of carbonyl (C=O) groups is 1. The minimum atomic E-state index is -1.22. The van der Waals surface area contributed by atoms with Crippen LogP contribution in [0.15, 0.2) is 0 Å². The Balaban J connectivity index is 1.93. The third kappa shape index (κ3) is 3.81. The molecule has 2 heterocycles. The van der Waals surface area contributed by atoms with Crippen molar-refractivity contribution in [3.05, 3.63) is 0 Å². The number of hydrogen-bond donors (Lipinski definition) is 1. The molecule has 0 aromatic heterocycles. The molecule has 0 aromatic carbocycles. The van der Waals surface area contributed by atoms with Gasteiger partial charge in [0.25, 0.3) is 0 Å². The summed E-state index contributed by atoms with van der Waals surface area (Å²) in [6, 6.07) is 0. The molecule has 0 atom stereocenters. The molecule has 0 spiro atoms. The predicted octanol–water partition coefficient (Wildman–Crippen LogP) is -0.328. The lowest BCUT2D eigenvalue weighted by atomic mass is 10.3. The van der Waals surface area contributed by atoms with Gasteiger partial charge in [-0.05, 0) is 0 Å². The second kappa shape index (κ2) is 6.89. The van der Waals surface area contributed by atoms with Gasteiger partial charge in [0.1, 0.15) is 6.61 Å². The second-order valence-electron chi connectivity index (χ2n) is 4.35. The van der Waals surface area contributed by atoms with Crippen molar-refractivity contribution < 1.29 is 24.1 Å². The average molecular weight is 260 g/mol. The predicted molar refractivity (Wildman–Crippen MR) is 62.5 cm³/mol.